The Labute approximate surface area is 102 Å². The van der Waals surface area contributed by atoms with Crippen LogP contribution in [0.25, 0.3) is 0 Å². The second-order valence-corrected chi connectivity index (χ2v) is 5.01. The lowest BCUT2D eigenvalue weighted by Crippen LogP contribution is -2.47. The van der Waals surface area contributed by atoms with E-state index in [0.29, 0.717) is 0 Å². The molecule has 0 saturated carbocycles. The average Bonchev–Trinajstić information content (AvgIpc) is 2.18. The van der Waals surface area contributed by atoms with E-state index in [-0.39, 0.29) is 11.0 Å². The molecule has 0 aliphatic rings. The predicted molar refractivity (Wildman–Crippen MR) is 73.7 cm³/mol. The third kappa shape index (κ3) is 5.86. The highest BCUT2D eigenvalue weighted by molar-refractivity contribution is 4.90. The van der Waals surface area contributed by atoms with Crippen molar-refractivity contribution in [3.8, 4) is 0 Å². The van der Waals surface area contributed by atoms with Gasteiger partial charge in [-0.15, -0.1) is 0 Å². The molecule has 100 valence electrons. The number of hydrogen-bond donors (Lipinski definition) is 1. The molecule has 2 heteroatoms. The van der Waals surface area contributed by atoms with E-state index in [1.165, 1.54) is 51.4 Å². The van der Waals surface area contributed by atoms with Gasteiger partial charge in [0.25, 0.3) is 0 Å². The van der Waals surface area contributed by atoms with Crippen molar-refractivity contribution in [3.05, 3.63) is 0 Å². The lowest BCUT2D eigenvalue weighted by atomic mass is 9.73. The SMILES string of the molecule is CCCC(CCC)C(N)(CCC)CCC.O. The van der Waals surface area contributed by atoms with Crippen molar-refractivity contribution in [3.63, 3.8) is 0 Å². The van der Waals surface area contributed by atoms with Gasteiger partial charge in [-0.25, -0.2) is 0 Å². The smallest absolute Gasteiger partial charge is 0.0182 e. The Morgan fingerprint density at radius 2 is 1.19 bits per heavy atom. The van der Waals surface area contributed by atoms with Gasteiger partial charge in [0.15, 0.2) is 0 Å². The van der Waals surface area contributed by atoms with Crippen molar-refractivity contribution in [1.82, 2.24) is 0 Å². The molecule has 0 spiro atoms. The maximum absolute atomic E-state index is 6.64. The first-order valence-corrected chi connectivity index (χ1v) is 6.93. The standard InChI is InChI=1S/C14H31N.H2O/c1-5-9-13(10-6-2)14(15,11-7-3)12-8-4;/h13H,5-12,15H2,1-4H3;1H2. The Morgan fingerprint density at radius 1 is 0.812 bits per heavy atom. The zero-order chi connectivity index (χ0) is 11.7. The van der Waals surface area contributed by atoms with Gasteiger partial charge >= 0.3 is 0 Å². The molecule has 0 atom stereocenters. The van der Waals surface area contributed by atoms with Crippen LogP contribution in [0.4, 0.5) is 0 Å². The molecule has 0 aliphatic heterocycles. The van der Waals surface area contributed by atoms with Crippen molar-refractivity contribution >= 4 is 0 Å². The lowest BCUT2D eigenvalue weighted by molar-refractivity contribution is 0.203. The van der Waals surface area contributed by atoms with E-state index < -0.39 is 0 Å². The topological polar surface area (TPSA) is 57.5 Å². The molecule has 0 bridgehead atoms. The van der Waals surface area contributed by atoms with Crippen molar-refractivity contribution in [1.29, 1.82) is 0 Å². The van der Waals surface area contributed by atoms with Crippen LogP contribution in [0.5, 0.6) is 0 Å². The largest absolute Gasteiger partial charge is 0.412 e. The van der Waals surface area contributed by atoms with Crippen LogP contribution in [0.15, 0.2) is 0 Å². The first-order valence-electron chi connectivity index (χ1n) is 6.93. The van der Waals surface area contributed by atoms with Crippen LogP contribution in [0.1, 0.15) is 79.1 Å². The van der Waals surface area contributed by atoms with E-state index in [0.717, 1.165) is 5.92 Å². The van der Waals surface area contributed by atoms with Crippen molar-refractivity contribution in [2.45, 2.75) is 84.6 Å². The van der Waals surface area contributed by atoms with Gasteiger partial charge in [0, 0.05) is 5.54 Å². The van der Waals surface area contributed by atoms with Gasteiger partial charge in [-0.3, -0.25) is 0 Å². The van der Waals surface area contributed by atoms with Crippen LogP contribution in [-0.4, -0.2) is 11.0 Å². The van der Waals surface area contributed by atoms with Gasteiger partial charge in [0.05, 0.1) is 0 Å². The van der Waals surface area contributed by atoms with E-state index in [1.807, 2.05) is 0 Å². The first kappa shape index (κ1) is 18.3. The molecule has 0 aliphatic carbocycles. The van der Waals surface area contributed by atoms with E-state index in [4.69, 9.17) is 5.73 Å². The van der Waals surface area contributed by atoms with E-state index in [2.05, 4.69) is 27.7 Å². The number of rotatable bonds is 9. The van der Waals surface area contributed by atoms with Crippen LogP contribution >= 0.6 is 0 Å². The Hall–Kier alpha value is -0.0800. The second kappa shape index (κ2) is 10.1. The van der Waals surface area contributed by atoms with E-state index >= 15 is 0 Å². The molecule has 0 aromatic rings. The average molecular weight is 231 g/mol. The van der Waals surface area contributed by atoms with Crippen LogP contribution in [0.3, 0.4) is 0 Å². The number of nitrogens with two attached hydrogens (primary N) is 1. The molecule has 0 aromatic heterocycles. The Bertz CT molecular complexity index is 136. The van der Waals surface area contributed by atoms with Crippen LogP contribution < -0.4 is 5.73 Å². The molecular formula is C14H33NO. The minimum absolute atomic E-state index is 0. The summed E-state index contributed by atoms with van der Waals surface area (Å²) in [6.45, 7) is 9.07. The predicted octanol–water partition coefficient (Wildman–Crippen LogP) is 3.68. The summed E-state index contributed by atoms with van der Waals surface area (Å²) in [5.74, 6) is 0.743. The summed E-state index contributed by atoms with van der Waals surface area (Å²) >= 11 is 0. The molecular weight excluding hydrogens is 198 g/mol. The molecule has 0 saturated heterocycles. The van der Waals surface area contributed by atoms with Gasteiger partial charge in [-0.05, 0) is 31.6 Å². The van der Waals surface area contributed by atoms with Gasteiger partial charge < -0.3 is 11.2 Å². The van der Waals surface area contributed by atoms with Crippen LogP contribution in [0.2, 0.25) is 0 Å². The van der Waals surface area contributed by atoms with Gasteiger partial charge in [0.2, 0.25) is 0 Å². The fourth-order valence-electron chi connectivity index (χ4n) is 2.88. The molecule has 0 fully saturated rings. The highest BCUT2D eigenvalue weighted by atomic mass is 16.0. The highest BCUT2D eigenvalue weighted by Gasteiger charge is 2.31. The quantitative estimate of drug-likeness (QED) is 0.646. The molecule has 2 nitrogen and oxygen atoms in total. The molecule has 0 aromatic carbocycles. The highest BCUT2D eigenvalue weighted by Crippen LogP contribution is 2.32. The first-order chi connectivity index (χ1) is 7.14. The molecule has 4 N–H and O–H groups in total. The van der Waals surface area contributed by atoms with Crippen molar-refractivity contribution in [2.24, 2.45) is 11.7 Å². The lowest BCUT2D eigenvalue weighted by Gasteiger charge is -2.38. The summed E-state index contributed by atoms with van der Waals surface area (Å²) in [5, 5.41) is 0. The number of hydrogen-bond acceptors (Lipinski definition) is 1. The maximum Gasteiger partial charge on any atom is 0.0182 e. The summed E-state index contributed by atoms with van der Waals surface area (Å²) in [7, 11) is 0. The molecule has 0 heterocycles. The molecule has 0 radical (unpaired) electrons. The maximum atomic E-state index is 6.64. The zero-order valence-electron chi connectivity index (χ0n) is 11.8. The summed E-state index contributed by atoms with van der Waals surface area (Å²) < 4.78 is 0. The van der Waals surface area contributed by atoms with E-state index in [9.17, 15) is 0 Å². The second-order valence-electron chi connectivity index (χ2n) is 5.01. The summed E-state index contributed by atoms with van der Waals surface area (Å²) in [6.07, 6.45) is 10.0. The molecule has 0 rings (SSSR count). The zero-order valence-corrected chi connectivity index (χ0v) is 11.8. The van der Waals surface area contributed by atoms with E-state index in [1.54, 1.807) is 0 Å². The van der Waals surface area contributed by atoms with Gasteiger partial charge in [0.1, 0.15) is 0 Å². The fraction of sp³-hybridized carbons (Fsp3) is 1.00. The monoisotopic (exact) mass is 231 g/mol. The van der Waals surface area contributed by atoms with Crippen molar-refractivity contribution in [2.75, 3.05) is 0 Å². The van der Waals surface area contributed by atoms with Crippen LogP contribution in [0, 0.1) is 5.92 Å². The third-order valence-corrected chi connectivity index (χ3v) is 3.52. The summed E-state index contributed by atoms with van der Waals surface area (Å²) in [4.78, 5) is 0. The minimum Gasteiger partial charge on any atom is -0.412 e. The molecule has 0 unspecified atom stereocenters. The van der Waals surface area contributed by atoms with Gasteiger partial charge in [-0.2, -0.15) is 0 Å². The minimum atomic E-state index is 0. The summed E-state index contributed by atoms with van der Waals surface area (Å²) in [6, 6.07) is 0. The Morgan fingerprint density at radius 3 is 1.44 bits per heavy atom. The normalized spacial score (nSPS) is 11.6. The van der Waals surface area contributed by atoms with Crippen molar-refractivity contribution < 1.29 is 5.48 Å². The van der Waals surface area contributed by atoms with Gasteiger partial charge in [-0.1, -0.05) is 53.4 Å². The summed E-state index contributed by atoms with van der Waals surface area (Å²) in [5.41, 5.74) is 6.76. The fourth-order valence-corrected chi connectivity index (χ4v) is 2.88. The Balaban J connectivity index is 0. The molecule has 16 heavy (non-hydrogen) atoms. The Kier molecular flexibility index (Phi) is 11.5. The molecule has 0 amide bonds. The third-order valence-electron chi connectivity index (χ3n) is 3.52. The van der Waals surface area contributed by atoms with Crippen LogP contribution in [-0.2, 0) is 0 Å².